The Labute approximate surface area is 110 Å². The molecule has 0 saturated heterocycles. The third-order valence-electron chi connectivity index (χ3n) is 2.62. The Hall–Kier alpha value is -0.660. The summed E-state index contributed by atoms with van der Waals surface area (Å²) in [4.78, 5) is 10.9. The maximum atomic E-state index is 11.3. The molecule has 0 rings (SSSR count). The summed E-state index contributed by atoms with van der Waals surface area (Å²) < 4.78 is 24.1. The second-order valence-electron chi connectivity index (χ2n) is 4.13. The zero-order valence-electron chi connectivity index (χ0n) is 11.5. The highest BCUT2D eigenvalue weighted by Gasteiger charge is 2.12. The van der Waals surface area contributed by atoms with Gasteiger partial charge in [0, 0.05) is 26.6 Å². The molecule has 0 aliphatic heterocycles. The van der Waals surface area contributed by atoms with E-state index in [2.05, 4.69) is 10.6 Å². The molecule has 108 valence electrons. The molecule has 0 aliphatic rings. The molecule has 0 aliphatic carbocycles. The minimum absolute atomic E-state index is 0.0473. The van der Waals surface area contributed by atoms with Crippen molar-refractivity contribution in [2.75, 3.05) is 39.5 Å². The van der Waals surface area contributed by atoms with Crippen molar-refractivity contribution >= 4 is 15.9 Å². The minimum Gasteiger partial charge on any atom is -0.359 e. The average Bonchev–Trinajstić information content (AvgIpc) is 2.30. The van der Waals surface area contributed by atoms with Gasteiger partial charge in [-0.1, -0.05) is 6.92 Å². The molecule has 2 N–H and O–H groups in total. The summed E-state index contributed by atoms with van der Waals surface area (Å²) in [7, 11) is -1.45. The van der Waals surface area contributed by atoms with Crippen molar-refractivity contribution in [3.05, 3.63) is 0 Å². The fourth-order valence-corrected chi connectivity index (χ4v) is 2.49. The van der Waals surface area contributed by atoms with Crippen LogP contribution in [0.1, 0.15) is 26.2 Å². The summed E-state index contributed by atoms with van der Waals surface area (Å²) in [5, 5.41) is 5.76. The molecule has 0 fully saturated rings. The number of carbonyl (C=O) groups is 1. The van der Waals surface area contributed by atoms with E-state index < -0.39 is 10.0 Å². The maximum Gasteiger partial charge on any atom is 0.219 e. The van der Waals surface area contributed by atoms with Crippen molar-refractivity contribution in [3.63, 3.8) is 0 Å². The number of nitrogens with zero attached hydrogens (tertiary/aromatic N) is 1. The number of nitrogens with one attached hydrogen (secondary N) is 2. The molecular formula is C11H25N3O3S. The molecule has 0 atom stereocenters. The Morgan fingerprint density at radius 3 is 2.33 bits per heavy atom. The normalized spacial score (nSPS) is 11.8. The summed E-state index contributed by atoms with van der Waals surface area (Å²) in [6.07, 6.45) is 3.32. The van der Waals surface area contributed by atoms with Gasteiger partial charge in [-0.25, -0.2) is 12.7 Å². The van der Waals surface area contributed by atoms with E-state index in [4.69, 9.17) is 0 Å². The van der Waals surface area contributed by atoms with E-state index in [1.165, 1.54) is 10.6 Å². The van der Waals surface area contributed by atoms with Crippen molar-refractivity contribution in [2.24, 2.45) is 0 Å². The Bertz CT molecular complexity index is 330. The van der Waals surface area contributed by atoms with Crippen LogP contribution >= 0.6 is 0 Å². The van der Waals surface area contributed by atoms with Crippen molar-refractivity contribution in [1.29, 1.82) is 0 Å². The zero-order chi connectivity index (χ0) is 14.0. The number of amides is 1. The molecule has 7 heteroatoms. The Morgan fingerprint density at radius 2 is 1.83 bits per heavy atom. The molecule has 0 aromatic heterocycles. The Balaban J connectivity index is 3.53. The quantitative estimate of drug-likeness (QED) is 0.542. The monoisotopic (exact) mass is 279 g/mol. The summed E-state index contributed by atoms with van der Waals surface area (Å²) in [5.74, 6) is 0.0473. The molecule has 1 amide bonds. The summed E-state index contributed by atoms with van der Waals surface area (Å²) in [6.45, 7) is 4.42. The number of sulfonamides is 1. The fourth-order valence-electron chi connectivity index (χ4n) is 1.56. The van der Waals surface area contributed by atoms with Crippen molar-refractivity contribution in [3.8, 4) is 0 Å². The van der Waals surface area contributed by atoms with E-state index in [-0.39, 0.29) is 5.91 Å². The van der Waals surface area contributed by atoms with Crippen molar-refractivity contribution < 1.29 is 13.2 Å². The van der Waals surface area contributed by atoms with Gasteiger partial charge in [-0.3, -0.25) is 4.79 Å². The lowest BCUT2D eigenvalue weighted by molar-refractivity contribution is -0.120. The molecular weight excluding hydrogens is 254 g/mol. The lowest BCUT2D eigenvalue weighted by Gasteiger charge is -2.17. The second-order valence-corrected chi connectivity index (χ2v) is 6.12. The van der Waals surface area contributed by atoms with Gasteiger partial charge >= 0.3 is 0 Å². The van der Waals surface area contributed by atoms with Crippen LogP contribution in [0.4, 0.5) is 0 Å². The largest absolute Gasteiger partial charge is 0.359 e. The predicted octanol–water partition coefficient (Wildman–Crippen LogP) is -0.226. The minimum atomic E-state index is -3.07. The number of carbonyl (C=O) groups excluding carboxylic acids is 1. The van der Waals surface area contributed by atoms with Gasteiger partial charge in [0.1, 0.15) is 0 Å². The molecule has 6 nitrogen and oxygen atoms in total. The van der Waals surface area contributed by atoms with Crippen LogP contribution in [0, 0.1) is 0 Å². The first-order valence-corrected chi connectivity index (χ1v) is 8.13. The van der Waals surface area contributed by atoms with E-state index in [9.17, 15) is 13.2 Å². The number of hydrogen-bond donors (Lipinski definition) is 2. The van der Waals surface area contributed by atoms with E-state index in [0.29, 0.717) is 19.5 Å². The average molecular weight is 279 g/mol. The van der Waals surface area contributed by atoms with Crippen molar-refractivity contribution in [2.45, 2.75) is 26.2 Å². The molecule has 0 saturated carbocycles. The van der Waals surface area contributed by atoms with Crippen LogP contribution in [-0.4, -0.2) is 58.1 Å². The smallest absolute Gasteiger partial charge is 0.219 e. The molecule has 0 unspecified atom stereocenters. The van der Waals surface area contributed by atoms with Gasteiger partial charge in [-0.15, -0.1) is 0 Å². The van der Waals surface area contributed by atoms with E-state index in [1.54, 1.807) is 7.05 Å². The topological polar surface area (TPSA) is 78.5 Å². The van der Waals surface area contributed by atoms with Crippen LogP contribution in [0.2, 0.25) is 0 Å². The molecule has 0 radical (unpaired) electrons. The van der Waals surface area contributed by atoms with Crippen LogP contribution in [0.5, 0.6) is 0 Å². The van der Waals surface area contributed by atoms with E-state index in [1.807, 2.05) is 6.92 Å². The fraction of sp³-hybridized carbons (Fsp3) is 0.909. The third-order valence-corrected chi connectivity index (χ3v) is 4.00. The van der Waals surface area contributed by atoms with Crippen LogP contribution in [-0.2, 0) is 14.8 Å². The van der Waals surface area contributed by atoms with Gasteiger partial charge < -0.3 is 10.6 Å². The van der Waals surface area contributed by atoms with E-state index in [0.717, 1.165) is 25.9 Å². The van der Waals surface area contributed by atoms with Crippen LogP contribution < -0.4 is 10.6 Å². The summed E-state index contributed by atoms with van der Waals surface area (Å²) in [6, 6.07) is 0. The SMILES string of the molecule is CCN(CCCNCCCC(=O)NC)S(C)(=O)=O. The molecule has 0 spiro atoms. The van der Waals surface area contributed by atoms with Gasteiger partial charge in [0.2, 0.25) is 15.9 Å². The highest BCUT2D eigenvalue weighted by molar-refractivity contribution is 7.88. The van der Waals surface area contributed by atoms with Crippen LogP contribution in [0.3, 0.4) is 0 Å². The summed E-state index contributed by atoms with van der Waals surface area (Å²) in [5.41, 5.74) is 0. The highest BCUT2D eigenvalue weighted by atomic mass is 32.2. The first kappa shape index (κ1) is 17.3. The molecule has 0 aromatic rings. The van der Waals surface area contributed by atoms with Gasteiger partial charge in [-0.2, -0.15) is 0 Å². The van der Waals surface area contributed by atoms with E-state index >= 15 is 0 Å². The number of hydrogen-bond acceptors (Lipinski definition) is 4. The van der Waals surface area contributed by atoms with Gasteiger partial charge in [-0.05, 0) is 25.9 Å². The highest BCUT2D eigenvalue weighted by Crippen LogP contribution is 1.98. The van der Waals surface area contributed by atoms with Crippen LogP contribution in [0.15, 0.2) is 0 Å². The Kier molecular flexibility index (Phi) is 8.95. The predicted molar refractivity (Wildman–Crippen MR) is 72.9 cm³/mol. The lowest BCUT2D eigenvalue weighted by atomic mass is 10.3. The molecule has 0 heterocycles. The van der Waals surface area contributed by atoms with Crippen molar-refractivity contribution in [1.82, 2.24) is 14.9 Å². The maximum absolute atomic E-state index is 11.3. The molecule has 0 bridgehead atoms. The first-order chi connectivity index (χ1) is 8.41. The van der Waals surface area contributed by atoms with Gasteiger partial charge in [0.15, 0.2) is 0 Å². The standard InChI is InChI=1S/C11H25N3O3S/c1-4-14(18(3,16)17)10-6-9-13-8-5-7-11(15)12-2/h13H,4-10H2,1-3H3,(H,12,15). The lowest BCUT2D eigenvalue weighted by Crippen LogP contribution is -2.32. The molecule has 18 heavy (non-hydrogen) atoms. The summed E-state index contributed by atoms with van der Waals surface area (Å²) >= 11 is 0. The zero-order valence-corrected chi connectivity index (χ0v) is 12.3. The van der Waals surface area contributed by atoms with Crippen LogP contribution in [0.25, 0.3) is 0 Å². The number of rotatable bonds is 10. The van der Waals surface area contributed by atoms with Gasteiger partial charge in [0.25, 0.3) is 0 Å². The second kappa shape index (κ2) is 9.29. The molecule has 0 aromatic carbocycles. The third kappa shape index (κ3) is 8.43. The first-order valence-electron chi connectivity index (χ1n) is 6.28. The Morgan fingerprint density at radius 1 is 1.22 bits per heavy atom. The van der Waals surface area contributed by atoms with Gasteiger partial charge in [0.05, 0.1) is 6.26 Å².